The maximum Gasteiger partial charge on any atom is 0.339 e. The van der Waals surface area contributed by atoms with Crippen molar-refractivity contribution in [2.45, 2.75) is 19.3 Å². The predicted octanol–water partition coefficient (Wildman–Crippen LogP) is -0.697. The fraction of sp³-hybridized carbons (Fsp3) is 0.571. The van der Waals surface area contributed by atoms with Crippen LogP contribution < -0.4 is 0 Å². The third-order valence-corrected chi connectivity index (χ3v) is 1.13. The lowest BCUT2D eigenvalue weighted by Gasteiger charge is -1.98. The molecule has 0 aliphatic heterocycles. The van der Waals surface area contributed by atoms with E-state index in [9.17, 15) is 14.4 Å². The largest absolute Gasteiger partial charge is 0.481 e. The lowest BCUT2D eigenvalue weighted by molar-refractivity contribution is -0.161. The van der Waals surface area contributed by atoms with Crippen molar-refractivity contribution in [1.29, 1.82) is 0 Å². The molecule has 0 rings (SSSR count). The first-order valence-corrected chi connectivity index (χ1v) is 3.62. The number of carbonyl (C=O) groups excluding carboxylic acids is 2. The molecule has 0 radical (unpaired) electrons. The first-order chi connectivity index (χ1) is 6.06. The Morgan fingerprint density at radius 3 is 2.15 bits per heavy atom. The highest BCUT2D eigenvalue weighted by molar-refractivity contribution is 5.86. The molecule has 6 heteroatoms. The molecular weight excluding hydrogens is 180 g/mol. The second-order valence-corrected chi connectivity index (χ2v) is 2.25. The van der Waals surface area contributed by atoms with Gasteiger partial charge in [0, 0.05) is 12.8 Å². The monoisotopic (exact) mass is 190 g/mol. The van der Waals surface area contributed by atoms with Gasteiger partial charge in [-0.05, 0) is 6.42 Å². The van der Waals surface area contributed by atoms with Crippen molar-refractivity contribution in [3.05, 3.63) is 0 Å². The fourth-order valence-electron chi connectivity index (χ4n) is 0.594. The molecule has 0 fully saturated rings. The minimum Gasteiger partial charge on any atom is -0.481 e. The highest BCUT2D eigenvalue weighted by Gasteiger charge is 2.09. The first-order valence-electron chi connectivity index (χ1n) is 3.62. The van der Waals surface area contributed by atoms with E-state index in [1.807, 2.05) is 0 Å². The van der Waals surface area contributed by atoms with E-state index in [-0.39, 0.29) is 19.3 Å². The molecule has 0 heterocycles. The van der Waals surface area contributed by atoms with Crippen LogP contribution in [0.5, 0.6) is 0 Å². The number of aliphatic hydroxyl groups is 1. The van der Waals surface area contributed by atoms with E-state index in [2.05, 4.69) is 4.74 Å². The maximum atomic E-state index is 10.6. The quantitative estimate of drug-likeness (QED) is 0.439. The van der Waals surface area contributed by atoms with E-state index in [1.54, 1.807) is 0 Å². The number of hydrogen-bond acceptors (Lipinski definition) is 5. The van der Waals surface area contributed by atoms with Crippen LogP contribution in [0.3, 0.4) is 0 Å². The van der Waals surface area contributed by atoms with Gasteiger partial charge in [0.05, 0.1) is 0 Å². The Morgan fingerprint density at radius 2 is 1.69 bits per heavy atom. The molecule has 0 spiro atoms. The lowest BCUT2D eigenvalue weighted by Crippen LogP contribution is -2.15. The van der Waals surface area contributed by atoms with Crippen molar-refractivity contribution < 1.29 is 29.3 Å². The van der Waals surface area contributed by atoms with Gasteiger partial charge in [-0.25, -0.2) is 4.79 Å². The summed E-state index contributed by atoms with van der Waals surface area (Å²) < 4.78 is 4.06. The molecule has 0 unspecified atom stereocenters. The maximum absolute atomic E-state index is 10.6. The minimum atomic E-state index is -1.03. The summed E-state index contributed by atoms with van der Waals surface area (Å²) in [4.78, 5) is 31.0. The summed E-state index contributed by atoms with van der Waals surface area (Å²) in [6, 6.07) is 0. The van der Waals surface area contributed by atoms with Crippen molar-refractivity contribution >= 4 is 17.9 Å². The first kappa shape index (κ1) is 11.6. The van der Waals surface area contributed by atoms with E-state index in [0.717, 1.165) is 0 Å². The van der Waals surface area contributed by atoms with Gasteiger partial charge < -0.3 is 14.9 Å². The van der Waals surface area contributed by atoms with E-state index in [1.165, 1.54) is 0 Å². The van der Waals surface area contributed by atoms with Crippen LogP contribution in [0, 0.1) is 0 Å². The Bertz CT molecular complexity index is 209. The van der Waals surface area contributed by atoms with Crippen molar-refractivity contribution in [2.24, 2.45) is 0 Å². The van der Waals surface area contributed by atoms with E-state index in [4.69, 9.17) is 10.2 Å². The molecule has 0 aromatic carbocycles. The number of aliphatic hydroxyl groups excluding tert-OH is 1. The van der Waals surface area contributed by atoms with Crippen molar-refractivity contribution in [1.82, 2.24) is 0 Å². The molecule has 0 aromatic rings. The van der Waals surface area contributed by atoms with Crippen LogP contribution in [-0.2, 0) is 19.1 Å². The van der Waals surface area contributed by atoms with E-state index >= 15 is 0 Å². The lowest BCUT2D eigenvalue weighted by atomic mass is 10.2. The van der Waals surface area contributed by atoms with Crippen LogP contribution in [0.1, 0.15) is 19.3 Å². The Balaban J connectivity index is 3.52. The second kappa shape index (κ2) is 6.13. The van der Waals surface area contributed by atoms with Crippen LogP contribution in [0.4, 0.5) is 0 Å². The van der Waals surface area contributed by atoms with Gasteiger partial charge in [0.2, 0.25) is 0 Å². The number of esters is 2. The molecule has 0 saturated carbocycles. The number of aliphatic carboxylic acids is 1. The molecule has 6 nitrogen and oxygen atoms in total. The second-order valence-electron chi connectivity index (χ2n) is 2.25. The SMILES string of the molecule is O=C(O)CCCC(=O)OC(=O)CO. The van der Waals surface area contributed by atoms with Gasteiger partial charge in [0.25, 0.3) is 0 Å². The predicted molar refractivity (Wildman–Crippen MR) is 39.7 cm³/mol. The van der Waals surface area contributed by atoms with E-state index in [0.29, 0.717) is 0 Å². The highest BCUT2D eigenvalue weighted by atomic mass is 16.6. The zero-order valence-electron chi connectivity index (χ0n) is 6.86. The summed E-state index contributed by atoms with van der Waals surface area (Å²) in [5, 5.41) is 16.4. The zero-order chi connectivity index (χ0) is 10.3. The Hall–Kier alpha value is -1.43. The number of rotatable bonds is 5. The van der Waals surface area contributed by atoms with Gasteiger partial charge in [-0.15, -0.1) is 0 Å². The summed E-state index contributed by atoms with van der Waals surface area (Å²) in [5.41, 5.74) is 0. The normalized spacial score (nSPS) is 9.31. The zero-order valence-corrected chi connectivity index (χ0v) is 6.86. The van der Waals surface area contributed by atoms with Crippen LogP contribution in [0.25, 0.3) is 0 Å². The van der Waals surface area contributed by atoms with Crippen molar-refractivity contribution in [3.8, 4) is 0 Å². The number of carboxylic acid groups (broad SMARTS) is 1. The molecule has 0 aliphatic carbocycles. The van der Waals surface area contributed by atoms with Crippen LogP contribution in [0.2, 0.25) is 0 Å². The Labute approximate surface area is 74.1 Å². The molecule has 0 aromatic heterocycles. The summed E-state index contributed by atoms with van der Waals surface area (Å²) in [7, 11) is 0. The van der Waals surface area contributed by atoms with Gasteiger partial charge in [-0.2, -0.15) is 0 Å². The van der Waals surface area contributed by atoms with Gasteiger partial charge in [0.15, 0.2) is 0 Å². The molecule has 0 amide bonds. The summed E-state index contributed by atoms with van der Waals surface area (Å²) in [6.07, 6.45) is -0.173. The van der Waals surface area contributed by atoms with Gasteiger partial charge in [-0.1, -0.05) is 0 Å². The standard InChI is InChI=1S/C7H10O6/c8-4-7(12)13-6(11)3-1-2-5(9)10/h8H,1-4H2,(H,9,10). The molecule has 74 valence electrons. The molecule has 0 atom stereocenters. The third-order valence-electron chi connectivity index (χ3n) is 1.13. The van der Waals surface area contributed by atoms with Crippen molar-refractivity contribution in [2.75, 3.05) is 6.61 Å². The molecule has 2 N–H and O–H groups in total. The summed E-state index contributed by atoms with van der Waals surface area (Å²) >= 11 is 0. The average Bonchev–Trinajstić information content (AvgIpc) is 2.03. The minimum absolute atomic E-state index is 0.118. The molecule has 0 saturated heterocycles. The number of hydrogen-bond donors (Lipinski definition) is 2. The van der Waals surface area contributed by atoms with Crippen LogP contribution >= 0.6 is 0 Å². The highest BCUT2D eigenvalue weighted by Crippen LogP contribution is 1.97. The van der Waals surface area contributed by atoms with Crippen LogP contribution in [0.15, 0.2) is 0 Å². The summed E-state index contributed by atoms with van der Waals surface area (Å²) in [6.45, 7) is -0.856. The van der Waals surface area contributed by atoms with Gasteiger partial charge >= 0.3 is 17.9 Å². The Morgan fingerprint density at radius 1 is 1.08 bits per heavy atom. The van der Waals surface area contributed by atoms with Crippen LogP contribution in [-0.4, -0.2) is 34.7 Å². The average molecular weight is 190 g/mol. The summed E-state index contributed by atoms with van der Waals surface area (Å²) in [5.74, 6) is -2.86. The molecule has 0 aliphatic rings. The van der Waals surface area contributed by atoms with Gasteiger partial charge in [0.1, 0.15) is 6.61 Å². The van der Waals surface area contributed by atoms with E-state index < -0.39 is 24.5 Å². The molecule has 13 heavy (non-hydrogen) atoms. The van der Waals surface area contributed by atoms with Crippen molar-refractivity contribution in [3.63, 3.8) is 0 Å². The molecular formula is C7H10O6. The smallest absolute Gasteiger partial charge is 0.339 e. The number of ether oxygens (including phenoxy) is 1. The topological polar surface area (TPSA) is 101 Å². The fourth-order valence-corrected chi connectivity index (χ4v) is 0.594. The molecule has 0 bridgehead atoms. The number of carboxylic acids is 1. The Kier molecular flexibility index (Phi) is 5.45. The van der Waals surface area contributed by atoms with Gasteiger partial charge in [-0.3, -0.25) is 9.59 Å². The number of carbonyl (C=O) groups is 3. The third kappa shape index (κ3) is 6.95.